The second-order valence-corrected chi connectivity index (χ2v) is 5.28. The van der Waals surface area contributed by atoms with Gasteiger partial charge in [-0.3, -0.25) is 0 Å². The molecule has 0 bridgehead atoms. The quantitative estimate of drug-likeness (QED) is 0.826. The first-order valence-electron chi connectivity index (χ1n) is 6.12. The molecular weight excluding hydrogens is 263 g/mol. The highest BCUT2D eigenvalue weighted by atomic mass is 32.1. The Hall–Kier alpha value is -1.30. The van der Waals surface area contributed by atoms with E-state index in [0.29, 0.717) is 6.61 Å². The van der Waals surface area contributed by atoms with E-state index in [-0.39, 0.29) is 5.82 Å². The molecule has 0 saturated carbocycles. The van der Waals surface area contributed by atoms with Crippen molar-refractivity contribution in [2.24, 2.45) is 0 Å². The van der Waals surface area contributed by atoms with Gasteiger partial charge >= 0.3 is 0 Å². The number of hydrogen-bond acceptors (Lipinski definition) is 4. The first kappa shape index (κ1) is 14.1. The van der Waals surface area contributed by atoms with E-state index < -0.39 is 0 Å². The molecule has 19 heavy (non-hydrogen) atoms. The number of ether oxygens (including phenoxy) is 1. The fourth-order valence-corrected chi connectivity index (χ4v) is 2.81. The van der Waals surface area contributed by atoms with E-state index in [1.165, 1.54) is 12.1 Å². The average molecular weight is 280 g/mol. The van der Waals surface area contributed by atoms with Gasteiger partial charge in [0.1, 0.15) is 10.8 Å². The summed E-state index contributed by atoms with van der Waals surface area (Å²) < 4.78 is 17.9. The van der Waals surface area contributed by atoms with Crippen LogP contribution in [0.15, 0.2) is 24.3 Å². The van der Waals surface area contributed by atoms with Gasteiger partial charge in [-0.25, -0.2) is 9.37 Å². The molecule has 5 heteroatoms. The van der Waals surface area contributed by atoms with Crippen LogP contribution in [0.2, 0.25) is 0 Å². The fourth-order valence-electron chi connectivity index (χ4n) is 1.77. The molecule has 1 N–H and O–H groups in total. The number of methoxy groups -OCH3 is 1. The van der Waals surface area contributed by atoms with Crippen LogP contribution in [0.5, 0.6) is 0 Å². The third-order valence-corrected chi connectivity index (χ3v) is 3.91. The molecule has 102 valence electrons. The van der Waals surface area contributed by atoms with Crippen LogP contribution in [0.4, 0.5) is 4.39 Å². The number of nitrogens with zero attached hydrogens (tertiary/aromatic N) is 1. The average Bonchev–Trinajstić information content (AvgIpc) is 2.77. The van der Waals surface area contributed by atoms with E-state index >= 15 is 0 Å². The number of thiazole rings is 1. The molecule has 0 aliphatic carbocycles. The summed E-state index contributed by atoms with van der Waals surface area (Å²) in [7, 11) is 1.68. The third kappa shape index (κ3) is 3.83. The number of hydrogen-bond donors (Lipinski definition) is 1. The maximum Gasteiger partial charge on any atom is 0.123 e. The van der Waals surface area contributed by atoms with E-state index in [2.05, 4.69) is 10.3 Å². The van der Waals surface area contributed by atoms with Gasteiger partial charge in [-0.15, -0.1) is 11.3 Å². The zero-order valence-electron chi connectivity index (χ0n) is 11.1. The van der Waals surface area contributed by atoms with Crippen molar-refractivity contribution < 1.29 is 9.13 Å². The Morgan fingerprint density at radius 1 is 1.32 bits per heavy atom. The SMILES string of the molecule is COCCNCc1nc(C)c(-c2ccc(F)cc2)s1. The number of aromatic nitrogens is 1. The van der Waals surface area contributed by atoms with Crippen molar-refractivity contribution in [2.75, 3.05) is 20.3 Å². The standard InChI is InChI=1S/C14H17FN2OS/c1-10-14(11-3-5-12(15)6-4-11)19-13(17-10)9-16-7-8-18-2/h3-6,16H,7-9H2,1-2H3. The van der Waals surface area contributed by atoms with E-state index in [0.717, 1.165) is 34.2 Å². The molecule has 0 fully saturated rings. The Morgan fingerprint density at radius 3 is 2.74 bits per heavy atom. The molecule has 0 atom stereocenters. The molecule has 0 spiro atoms. The molecule has 3 nitrogen and oxygen atoms in total. The molecule has 1 aromatic heterocycles. The van der Waals surface area contributed by atoms with Gasteiger partial charge in [0.25, 0.3) is 0 Å². The highest BCUT2D eigenvalue weighted by Gasteiger charge is 2.09. The van der Waals surface area contributed by atoms with Crippen LogP contribution in [0.1, 0.15) is 10.7 Å². The molecule has 1 heterocycles. The summed E-state index contributed by atoms with van der Waals surface area (Å²) in [5, 5.41) is 4.30. The number of rotatable bonds is 6. The van der Waals surface area contributed by atoms with Crippen LogP contribution in [0.25, 0.3) is 10.4 Å². The lowest BCUT2D eigenvalue weighted by atomic mass is 10.1. The van der Waals surface area contributed by atoms with Gasteiger partial charge in [-0.2, -0.15) is 0 Å². The molecule has 0 amide bonds. The lowest BCUT2D eigenvalue weighted by Gasteiger charge is -2.00. The van der Waals surface area contributed by atoms with Gasteiger partial charge in [0.2, 0.25) is 0 Å². The van der Waals surface area contributed by atoms with Gasteiger partial charge in [0.05, 0.1) is 17.2 Å². The summed E-state index contributed by atoms with van der Waals surface area (Å²) >= 11 is 1.64. The molecular formula is C14H17FN2OS. The molecule has 0 saturated heterocycles. The van der Waals surface area contributed by atoms with Gasteiger partial charge in [-0.05, 0) is 24.6 Å². The Kier molecular flexibility index (Phi) is 5.01. The molecule has 2 rings (SSSR count). The molecule has 0 unspecified atom stereocenters. The molecule has 1 aromatic carbocycles. The summed E-state index contributed by atoms with van der Waals surface area (Å²) in [4.78, 5) is 5.63. The first-order valence-corrected chi connectivity index (χ1v) is 6.94. The molecule has 0 aliphatic rings. The minimum absolute atomic E-state index is 0.215. The van der Waals surface area contributed by atoms with Crippen molar-refractivity contribution in [2.45, 2.75) is 13.5 Å². The Bertz CT molecular complexity index is 525. The van der Waals surface area contributed by atoms with E-state index in [9.17, 15) is 4.39 Å². The van der Waals surface area contributed by atoms with Crippen molar-refractivity contribution in [1.29, 1.82) is 0 Å². The second kappa shape index (κ2) is 6.75. The summed E-state index contributed by atoms with van der Waals surface area (Å²) in [6, 6.07) is 6.53. The monoisotopic (exact) mass is 280 g/mol. The van der Waals surface area contributed by atoms with Crippen LogP contribution in [0, 0.1) is 12.7 Å². The van der Waals surface area contributed by atoms with Crippen molar-refractivity contribution in [1.82, 2.24) is 10.3 Å². The summed E-state index contributed by atoms with van der Waals surface area (Å²) in [5.74, 6) is -0.215. The summed E-state index contributed by atoms with van der Waals surface area (Å²) in [6.07, 6.45) is 0. The highest BCUT2D eigenvalue weighted by molar-refractivity contribution is 7.15. The van der Waals surface area contributed by atoms with Crippen molar-refractivity contribution in [3.8, 4) is 10.4 Å². The lowest BCUT2D eigenvalue weighted by Crippen LogP contribution is -2.18. The highest BCUT2D eigenvalue weighted by Crippen LogP contribution is 2.29. The molecule has 2 aromatic rings. The molecule has 0 radical (unpaired) electrons. The number of aryl methyl sites for hydroxylation is 1. The minimum Gasteiger partial charge on any atom is -0.383 e. The largest absolute Gasteiger partial charge is 0.383 e. The fraction of sp³-hybridized carbons (Fsp3) is 0.357. The Balaban J connectivity index is 2.06. The van der Waals surface area contributed by atoms with Crippen LogP contribution in [0.3, 0.4) is 0 Å². The van der Waals surface area contributed by atoms with E-state index in [1.54, 1.807) is 30.6 Å². The van der Waals surface area contributed by atoms with Crippen molar-refractivity contribution in [3.05, 3.63) is 40.8 Å². The normalized spacial score (nSPS) is 10.9. The predicted octanol–water partition coefficient (Wildman–Crippen LogP) is 2.99. The second-order valence-electron chi connectivity index (χ2n) is 4.20. The maximum absolute atomic E-state index is 12.9. The maximum atomic E-state index is 12.9. The van der Waals surface area contributed by atoms with Gasteiger partial charge < -0.3 is 10.1 Å². The third-order valence-electron chi connectivity index (χ3n) is 2.71. The predicted molar refractivity (Wildman–Crippen MR) is 75.8 cm³/mol. The van der Waals surface area contributed by atoms with E-state index in [4.69, 9.17) is 4.74 Å². The van der Waals surface area contributed by atoms with Crippen LogP contribution >= 0.6 is 11.3 Å². The van der Waals surface area contributed by atoms with Gasteiger partial charge in [0.15, 0.2) is 0 Å². The molecule has 0 aliphatic heterocycles. The number of benzene rings is 1. The summed E-state index contributed by atoms with van der Waals surface area (Å²) in [5.41, 5.74) is 2.00. The number of halogens is 1. The van der Waals surface area contributed by atoms with Crippen LogP contribution < -0.4 is 5.32 Å². The smallest absolute Gasteiger partial charge is 0.123 e. The van der Waals surface area contributed by atoms with Crippen molar-refractivity contribution in [3.63, 3.8) is 0 Å². The van der Waals surface area contributed by atoms with E-state index in [1.807, 2.05) is 6.92 Å². The number of nitrogens with one attached hydrogen (secondary N) is 1. The van der Waals surface area contributed by atoms with Crippen molar-refractivity contribution >= 4 is 11.3 Å². The van der Waals surface area contributed by atoms with Crippen LogP contribution in [-0.2, 0) is 11.3 Å². The Morgan fingerprint density at radius 2 is 2.05 bits per heavy atom. The first-order chi connectivity index (χ1) is 9.20. The van der Waals surface area contributed by atoms with Gasteiger partial charge in [-0.1, -0.05) is 12.1 Å². The zero-order valence-corrected chi connectivity index (χ0v) is 11.9. The topological polar surface area (TPSA) is 34.1 Å². The zero-order chi connectivity index (χ0) is 13.7. The Labute approximate surface area is 116 Å². The minimum atomic E-state index is -0.215. The van der Waals surface area contributed by atoms with Crippen LogP contribution in [-0.4, -0.2) is 25.2 Å². The van der Waals surface area contributed by atoms with Gasteiger partial charge in [0, 0.05) is 20.2 Å². The lowest BCUT2D eigenvalue weighted by molar-refractivity contribution is 0.199. The summed E-state index contributed by atoms with van der Waals surface area (Å²) in [6.45, 7) is 4.21.